The summed E-state index contributed by atoms with van der Waals surface area (Å²) in [6.07, 6.45) is 3.52. The molecule has 4 aromatic rings. The van der Waals surface area contributed by atoms with Crippen LogP contribution in [0.25, 0.3) is 33.4 Å². The molecule has 0 spiro atoms. The molecule has 0 amide bonds. The maximum absolute atomic E-state index is 15.2. The van der Waals surface area contributed by atoms with Crippen LogP contribution in [0.4, 0.5) is 14.6 Å². The van der Waals surface area contributed by atoms with Gasteiger partial charge in [-0.2, -0.15) is 0 Å². The van der Waals surface area contributed by atoms with Crippen molar-refractivity contribution in [2.24, 2.45) is 0 Å². The molecule has 38 heavy (non-hydrogen) atoms. The molecule has 0 unspecified atom stereocenters. The van der Waals surface area contributed by atoms with E-state index in [4.69, 9.17) is 9.72 Å². The summed E-state index contributed by atoms with van der Waals surface area (Å²) < 4.78 is 35.7. The van der Waals surface area contributed by atoms with Crippen molar-refractivity contribution in [3.8, 4) is 22.4 Å². The summed E-state index contributed by atoms with van der Waals surface area (Å²) in [4.78, 5) is 20.7. The summed E-state index contributed by atoms with van der Waals surface area (Å²) in [7, 11) is 2.13. The highest BCUT2D eigenvalue weighted by molar-refractivity contribution is 5.92. The van der Waals surface area contributed by atoms with Crippen molar-refractivity contribution in [2.45, 2.75) is 6.54 Å². The van der Waals surface area contributed by atoms with Gasteiger partial charge in [-0.1, -0.05) is 12.1 Å². The smallest absolute Gasteiger partial charge is 0.131 e. The highest BCUT2D eigenvalue weighted by Crippen LogP contribution is 2.31. The highest BCUT2D eigenvalue weighted by atomic mass is 19.1. The fourth-order valence-corrected chi connectivity index (χ4v) is 5.06. The molecule has 2 aliphatic rings. The van der Waals surface area contributed by atoms with Crippen LogP contribution in [0.3, 0.4) is 0 Å². The van der Waals surface area contributed by atoms with Gasteiger partial charge in [0.25, 0.3) is 0 Å². The number of likely N-dealkylation sites (N-methyl/N-ethyl adjacent to an activating group) is 1. The third-order valence-corrected chi connectivity index (χ3v) is 7.38. The SMILES string of the molecule is CN1CCN(c2ccc(-c3cnc4cccc(-c5cc(F)c(CN6CCOCC6)c(F)c5)c4n3)cn2)CC1. The summed E-state index contributed by atoms with van der Waals surface area (Å²) in [5.41, 5.74) is 3.90. The van der Waals surface area contributed by atoms with E-state index in [-0.39, 0.29) is 12.1 Å². The van der Waals surface area contributed by atoms with Crippen molar-refractivity contribution in [3.63, 3.8) is 0 Å². The lowest BCUT2D eigenvalue weighted by Crippen LogP contribution is -2.44. The number of benzene rings is 2. The van der Waals surface area contributed by atoms with Crippen molar-refractivity contribution < 1.29 is 13.5 Å². The Morgan fingerprint density at radius 1 is 0.842 bits per heavy atom. The van der Waals surface area contributed by atoms with Crippen LogP contribution in [-0.2, 0) is 11.3 Å². The molecule has 2 aromatic carbocycles. The first kappa shape index (κ1) is 24.8. The second kappa shape index (κ2) is 10.7. The van der Waals surface area contributed by atoms with Gasteiger partial charge in [0.05, 0.1) is 36.1 Å². The van der Waals surface area contributed by atoms with E-state index in [1.54, 1.807) is 6.20 Å². The molecule has 2 aromatic heterocycles. The number of nitrogens with zero attached hydrogens (tertiary/aromatic N) is 6. The molecule has 0 saturated carbocycles. The molecule has 2 fully saturated rings. The average molecular weight is 517 g/mol. The highest BCUT2D eigenvalue weighted by Gasteiger charge is 2.19. The van der Waals surface area contributed by atoms with E-state index in [0.717, 1.165) is 37.6 Å². The van der Waals surface area contributed by atoms with E-state index in [2.05, 4.69) is 26.8 Å². The van der Waals surface area contributed by atoms with Gasteiger partial charge in [0.1, 0.15) is 17.5 Å². The van der Waals surface area contributed by atoms with Crippen molar-refractivity contribution in [3.05, 3.63) is 72.1 Å². The normalized spacial score (nSPS) is 17.3. The molecule has 9 heteroatoms. The summed E-state index contributed by atoms with van der Waals surface area (Å²) in [6, 6.07) is 12.3. The van der Waals surface area contributed by atoms with Crippen LogP contribution in [0.2, 0.25) is 0 Å². The van der Waals surface area contributed by atoms with Gasteiger partial charge in [0.2, 0.25) is 0 Å². The van der Waals surface area contributed by atoms with Gasteiger partial charge < -0.3 is 14.5 Å². The largest absolute Gasteiger partial charge is 0.379 e. The number of hydrogen-bond donors (Lipinski definition) is 0. The summed E-state index contributed by atoms with van der Waals surface area (Å²) in [5.74, 6) is -0.174. The number of rotatable bonds is 5. The van der Waals surface area contributed by atoms with Gasteiger partial charge in [0, 0.05) is 68.7 Å². The van der Waals surface area contributed by atoms with Gasteiger partial charge in [-0.05, 0) is 42.9 Å². The number of ether oxygens (including phenoxy) is 1. The van der Waals surface area contributed by atoms with Crippen LogP contribution < -0.4 is 4.90 Å². The number of anilines is 1. The molecule has 7 nitrogen and oxygen atoms in total. The third-order valence-electron chi connectivity index (χ3n) is 7.38. The predicted molar refractivity (Wildman–Crippen MR) is 144 cm³/mol. The van der Waals surface area contributed by atoms with Gasteiger partial charge in [0.15, 0.2) is 0 Å². The van der Waals surface area contributed by atoms with E-state index in [1.165, 1.54) is 12.1 Å². The Labute approximate surface area is 220 Å². The van der Waals surface area contributed by atoms with E-state index < -0.39 is 11.6 Å². The Bertz CT molecular complexity index is 1410. The Hall–Kier alpha value is -3.53. The fourth-order valence-electron chi connectivity index (χ4n) is 5.06. The molecule has 0 N–H and O–H groups in total. The van der Waals surface area contributed by atoms with Crippen molar-refractivity contribution in [1.82, 2.24) is 24.8 Å². The first-order chi connectivity index (χ1) is 18.5. The number of hydrogen-bond acceptors (Lipinski definition) is 7. The summed E-state index contributed by atoms with van der Waals surface area (Å²) in [6.45, 7) is 6.61. The van der Waals surface area contributed by atoms with Crippen LogP contribution in [-0.4, -0.2) is 84.3 Å². The maximum Gasteiger partial charge on any atom is 0.131 e. The predicted octanol–water partition coefficient (Wildman–Crippen LogP) is 4.22. The molecular formula is C29H30F2N6O. The van der Waals surface area contributed by atoms with Crippen LogP contribution in [0.15, 0.2) is 54.9 Å². The topological polar surface area (TPSA) is 57.6 Å². The lowest BCUT2D eigenvalue weighted by Gasteiger charge is -2.33. The Morgan fingerprint density at radius 3 is 2.32 bits per heavy atom. The number of piperazine rings is 1. The molecular weight excluding hydrogens is 486 g/mol. The second-order valence-corrected chi connectivity index (χ2v) is 9.93. The minimum atomic E-state index is -0.559. The average Bonchev–Trinajstić information content (AvgIpc) is 2.95. The lowest BCUT2D eigenvalue weighted by atomic mass is 10.0. The van der Waals surface area contributed by atoms with E-state index in [0.29, 0.717) is 54.2 Å². The second-order valence-electron chi connectivity index (χ2n) is 9.93. The van der Waals surface area contributed by atoms with E-state index in [9.17, 15) is 0 Å². The Balaban J connectivity index is 1.30. The first-order valence-electron chi connectivity index (χ1n) is 13.0. The standard InChI is InChI=1S/C29H30F2N6O/c1-35-7-9-37(10-8-35)28-6-5-20(17-33-28)27-18-32-26-4-2-3-22(29(26)34-27)21-15-24(30)23(25(31)16-21)19-36-11-13-38-14-12-36/h2-6,15-18H,7-14,19H2,1H3. The van der Waals surface area contributed by atoms with Gasteiger partial charge in [-0.15, -0.1) is 0 Å². The number of fused-ring (bicyclic) bond motifs is 1. The van der Waals surface area contributed by atoms with Crippen LogP contribution in [0.1, 0.15) is 5.56 Å². The van der Waals surface area contributed by atoms with Gasteiger partial charge in [-0.3, -0.25) is 9.88 Å². The quantitative estimate of drug-likeness (QED) is 0.394. The monoisotopic (exact) mass is 516 g/mol. The zero-order valence-electron chi connectivity index (χ0n) is 21.4. The lowest BCUT2D eigenvalue weighted by molar-refractivity contribution is 0.0332. The molecule has 196 valence electrons. The van der Waals surface area contributed by atoms with E-state index in [1.807, 2.05) is 41.4 Å². The summed E-state index contributed by atoms with van der Waals surface area (Å²) in [5, 5.41) is 0. The molecule has 6 rings (SSSR count). The number of morpholine rings is 1. The Morgan fingerprint density at radius 2 is 1.61 bits per heavy atom. The molecule has 2 saturated heterocycles. The van der Waals surface area contributed by atoms with Crippen molar-refractivity contribution >= 4 is 16.9 Å². The number of para-hydroxylation sites is 1. The van der Waals surface area contributed by atoms with Crippen LogP contribution in [0.5, 0.6) is 0 Å². The summed E-state index contributed by atoms with van der Waals surface area (Å²) >= 11 is 0. The molecule has 0 atom stereocenters. The Kier molecular flexibility index (Phi) is 6.97. The number of halogens is 2. The van der Waals surface area contributed by atoms with E-state index >= 15 is 8.78 Å². The zero-order chi connectivity index (χ0) is 26.1. The van der Waals surface area contributed by atoms with Crippen molar-refractivity contribution in [1.29, 1.82) is 0 Å². The molecule has 0 bridgehead atoms. The minimum Gasteiger partial charge on any atom is -0.379 e. The zero-order valence-corrected chi connectivity index (χ0v) is 21.4. The molecule has 4 heterocycles. The maximum atomic E-state index is 15.2. The van der Waals surface area contributed by atoms with Gasteiger partial charge >= 0.3 is 0 Å². The van der Waals surface area contributed by atoms with Gasteiger partial charge in [-0.25, -0.2) is 18.7 Å². The number of pyridine rings is 1. The number of aromatic nitrogens is 3. The van der Waals surface area contributed by atoms with Crippen molar-refractivity contribution in [2.75, 3.05) is 64.4 Å². The molecule has 0 radical (unpaired) electrons. The minimum absolute atomic E-state index is 0.0779. The third kappa shape index (κ3) is 5.09. The molecule has 0 aliphatic carbocycles. The van der Waals surface area contributed by atoms with Crippen LogP contribution in [0, 0.1) is 11.6 Å². The molecule has 2 aliphatic heterocycles. The van der Waals surface area contributed by atoms with Crippen LogP contribution >= 0.6 is 0 Å². The fraction of sp³-hybridized carbons (Fsp3) is 0.345. The first-order valence-corrected chi connectivity index (χ1v) is 13.0.